The van der Waals surface area contributed by atoms with Gasteiger partial charge in [-0.1, -0.05) is 12.1 Å². The molecule has 1 aliphatic rings. The number of nitrogen functional groups attached to an aromatic ring is 1. The van der Waals surface area contributed by atoms with E-state index in [-0.39, 0.29) is 12.5 Å². The fraction of sp³-hybridized carbons (Fsp3) is 0.533. The monoisotopic (exact) mass is 262 g/mol. The van der Waals surface area contributed by atoms with Crippen LogP contribution >= 0.6 is 0 Å². The molecule has 0 spiro atoms. The number of anilines is 1. The summed E-state index contributed by atoms with van der Waals surface area (Å²) < 4.78 is 0. The lowest BCUT2D eigenvalue weighted by atomic mass is 9.83. The van der Waals surface area contributed by atoms with E-state index in [1.54, 1.807) is 0 Å². The van der Waals surface area contributed by atoms with Gasteiger partial charge in [0, 0.05) is 18.3 Å². The Bertz CT molecular complexity index is 450. The fourth-order valence-electron chi connectivity index (χ4n) is 2.33. The Balaban J connectivity index is 2.21. The summed E-state index contributed by atoms with van der Waals surface area (Å²) in [4.78, 5) is 14.5. The molecule has 0 bridgehead atoms. The van der Waals surface area contributed by atoms with Crippen molar-refractivity contribution in [2.45, 2.75) is 38.1 Å². The summed E-state index contributed by atoms with van der Waals surface area (Å²) in [6.07, 6.45) is 2.09. The lowest BCUT2D eigenvalue weighted by molar-refractivity contribution is -0.137. The van der Waals surface area contributed by atoms with Gasteiger partial charge in [0.25, 0.3) is 0 Å². The standard InChI is InChI=1S/C15H22N2O2/c1-15(2,11-3-5-12(16)6-4-11)14(19)17(9-10-18)13-7-8-13/h3-6,13,18H,7-10,16H2,1-2H3. The number of rotatable bonds is 5. The first-order valence-corrected chi connectivity index (χ1v) is 6.74. The summed E-state index contributed by atoms with van der Waals surface area (Å²) in [5, 5.41) is 9.12. The maximum Gasteiger partial charge on any atom is 0.232 e. The van der Waals surface area contributed by atoms with E-state index in [4.69, 9.17) is 10.8 Å². The van der Waals surface area contributed by atoms with Gasteiger partial charge < -0.3 is 15.7 Å². The first-order chi connectivity index (χ1) is 8.96. The van der Waals surface area contributed by atoms with Crippen molar-refractivity contribution in [2.24, 2.45) is 0 Å². The maximum absolute atomic E-state index is 12.7. The maximum atomic E-state index is 12.7. The van der Waals surface area contributed by atoms with Crippen molar-refractivity contribution in [3.8, 4) is 0 Å². The Kier molecular flexibility index (Phi) is 3.80. The predicted molar refractivity (Wildman–Crippen MR) is 75.7 cm³/mol. The second kappa shape index (κ2) is 5.21. The Labute approximate surface area is 114 Å². The van der Waals surface area contributed by atoms with Gasteiger partial charge in [-0.15, -0.1) is 0 Å². The molecule has 1 aromatic carbocycles. The molecule has 0 heterocycles. The highest BCUT2D eigenvalue weighted by molar-refractivity contribution is 5.88. The summed E-state index contributed by atoms with van der Waals surface area (Å²) in [5.74, 6) is 0.0776. The van der Waals surface area contributed by atoms with E-state index in [9.17, 15) is 4.79 Å². The van der Waals surface area contributed by atoms with Gasteiger partial charge in [0.2, 0.25) is 5.91 Å². The average Bonchev–Trinajstić information content (AvgIpc) is 3.20. The summed E-state index contributed by atoms with van der Waals surface area (Å²) >= 11 is 0. The SMILES string of the molecule is CC(C)(C(=O)N(CCO)C1CC1)c1ccc(N)cc1. The van der Waals surface area contributed by atoms with Gasteiger partial charge in [-0.05, 0) is 44.4 Å². The Morgan fingerprint density at radius 2 is 1.95 bits per heavy atom. The minimum Gasteiger partial charge on any atom is -0.399 e. The lowest BCUT2D eigenvalue weighted by Crippen LogP contribution is -2.45. The molecule has 0 radical (unpaired) electrons. The van der Waals surface area contributed by atoms with Crippen LogP contribution in [0.2, 0.25) is 0 Å². The molecule has 4 nitrogen and oxygen atoms in total. The van der Waals surface area contributed by atoms with Crippen LogP contribution in [-0.4, -0.2) is 35.1 Å². The van der Waals surface area contributed by atoms with Crippen molar-refractivity contribution in [1.82, 2.24) is 4.90 Å². The van der Waals surface area contributed by atoms with Gasteiger partial charge in [0.05, 0.1) is 12.0 Å². The van der Waals surface area contributed by atoms with E-state index in [1.807, 2.05) is 43.0 Å². The zero-order valence-corrected chi connectivity index (χ0v) is 11.6. The van der Waals surface area contributed by atoms with Crippen LogP contribution < -0.4 is 5.73 Å². The highest BCUT2D eigenvalue weighted by Gasteiger charge is 2.40. The number of amides is 1. The van der Waals surface area contributed by atoms with E-state index in [1.165, 1.54) is 0 Å². The van der Waals surface area contributed by atoms with Gasteiger partial charge in [-0.2, -0.15) is 0 Å². The molecule has 104 valence electrons. The van der Waals surface area contributed by atoms with Gasteiger partial charge in [-0.3, -0.25) is 4.79 Å². The quantitative estimate of drug-likeness (QED) is 0.791. The minimum atomic E-state index is -0.592. The summed E-state index contributed by atoms with van der Waals surface area (Å²) in [7, 11) is 0. The van der Waals surface area contributed by atoms with Crippen molar-refractivity contribution < 1.29 is 9.90 Å². The molecule has 1 fully saturated rings. The summed E-state index contributed by atoms with van der Waals surface area (Å²) in [6, 6.07) is 7.75. The molecule has 3 N–H and O–H groups in total. The van der Waals surface area contributed by atoms with Crippen LogP contribution in [0.5, 0.6) is 0 Å². The van der Waals surface area contributed by atoms with Gasteiger partial charge in [0.1, 0.15) is 0 Å². The van der Waals surface area contributed by atoms with Crippen LogP contribution in [0.25, 0.3) is 0 Å². The smallest absolute Gasteiger partial charge is 0.232 e. The molecule has 19 heavy (non-hydrogen) atoms. The molecule has 0 aliphatic heterocycles. The van der Waals surface area contributed by atoms with Gasteiger partial charge in [0.15, 0.2) is 0 Å². The number of aliphatic hydroxyl groups excluding tert-OH is 1. The lowest BCUT2D eigenvalue weighted by Gasteiger charge is -2.32. The summed E-state index contributed by atoms with van der Waals surface area (Å²) in [5.41, 5.74) is 6.74. The van der Waals surface area contributed by atoms with E-state index in [0.29, 0.717) is 18.3 Å². The Morgan fingerprint density at radius 1 is 1.37 bits per heavy atom. The normalized spacial score (nSPS) is 15.3. The van der Waals surface area contributed by atoms with Crippen LogP contribution in [0.3, 0.4) is 0 Å². The second-order valence-electron chi connectivity index (χ2n) is 5.70. The molecule has 0 unspecified atom stereocenters. The third-order valence-corrected chi connectivity index (χ3v) is 3.76. The zero-order valence-electron chi connectivity index (χ0n) is 11.6. The van der Waals surface area contributed by atoms with E-state index in [0.717, 1.165) is 18.4 Å². The molecular formula is C15H22N2O2. The molecule has 0 saturated heterocycles. The van der Waals surface area contributed by atoms with Crippen molar-refractivity contribution in [3.63, 3.8) is 0 Å². The number of nitrogens with zero attached hydrogens (tertiary/aromatic N) is 1. The molecule has 1 saturated carbocycles. The second-order valence-corrected chi connectivity index (χ2v) is 5.70. The van der Waals surface area contributed by atoms with Gasteiger partial charge in [-0.25, -0.2) is 0 Å². The number of nitrogens with two attached hydrogens (primary N) is 1. The van der Waals surface area contributed by atoms with Gasteiger partial charge >= 0.3 is 0 Å². The molecule has 0 aromatic heterocycles. The molecule has 1 aromatic rings. The highest BCUT2D eigenvalue weighted by Crippen LogP contribution is 2.33. The van der Waals surface area contributed by atoms with Crippen LogP contribution in [0.15, 0.2) is 24.3 Å². The van der Waals surface area contributed by atoms with Crippen LogP contribution in [-0.2, 0) is 10.2 Å². The van der Waals surface area contributed by atoms with Crippen molar-refractivity contribution >= 4 is 11.6 Å². The molecular weight excluding hydrogens is 240 g/mol. The minimum absolute atomic E-state index is 0.0139. The fourth-order valence-corrected chi connectivity index (χ4v) is 2.33. The van der Waals surface area contributed by atoms with Crippen LogP contribution in [0.1, 0.15) is 32.3 Å². The van der Waals surface area contributed by atoms with Crippen molar-refractivity contribution in [2.75, 3.05) is 18.9 Å². The number of hydrogen-bond acceptors (Lipinski definition) is 3. The molecule has 4 heteroatoms. The number of carbonyl (C=O) groups is 1. The highest BCUT2D eigenvalue weighted by atomic mass is 16.3. The van der Waals surface area contributed by atoms with E-state index in [2.05, 4.69) is 0 Å². The average molecular weight is 262 g/mol. The zero-order chi connectivity index (χ0) is 14.0. The summed E-state index contributed by atoms with van der Waals surface area (Å²) in [6.45, 7) is 4.28. The van der Waals surface area contributed by atoms with Crippen molar-refractivity contribution in [1.29, 1.82) is 0 Å². The Morgan fingerprint density at radius 3 is 2.42 bits per heavy atom. The molecule has 2 rings (SSSR count). The number of carbonyl (C=O) groups excluding carboxylic acids is 1. The Hall–Kier alpha value is -1.55. The third kappa shape index (κ3) is 2.89. The largest absolute Gasteiger partial charge is 0.399 e. The van der Waals surface area contributed by atoms with E-state index < -0.39 is 5.41 Å². The number of aliphatic hydroxyl groups is 1. The topological polar surface area (TPSA) is 66.6 Å². The molecule has 0 atom stereocenters. The van der Waals surface area contributed by atoms with Crippen LogP contribution in [0, 0.1) is 0 Å². The van der Waals surface area contributed by atoms with Crippen LogP contribution in [0.4, 0.5) is 5.69 Å². The van der Waals surface area contributed by atoms with Crippen molar-refractivity contribution in [3.05, 3.63) is 29.8 Å². The van der Waals surface area contributed by atoms with E-state index >= 15 is 0 Å². The predicted octanol–water partition coefficient (Wildman–Crippen LogP) is 1.53. The third-order valence-electron chi connectivity index (χ3n) is 3.76. The number of benzene rings is 1. The molecule has 1 amide bonds. The molecule has 1 aliphatic carbocycles. The number of hydrogen-bond donors (Lipinski definition) is 2. The first-order valence-electron chi connectivity index (χ1n) is 6.74. The first kappa shape index (κ1) is 13.9.